The summed E-state index contributed by atoms with van der Waals surface area (Å²) >= 11 is 0. The fourth-order valence-corrected chi connectivity index (χ4v) is 1.94. The quantitative estimate of drug-likeness (QED) is 0.717. The summed E-state index contributed by atoms with van der Waals surface area (Å²) in [4.78, 5) is 11.6. The Morgan fingerprint density at radius 2 is 2.21 bits per heavy atom. The summed E-state index contributed by atoms with van der Waals surface area (Å²) < 4.78 is 0. The Morgan fingerprint density at radius 3 is 2.64 bits per heavy atom. The van der Waals surface area contributed by atoms with Crippen LogP contribution in [0.1, 0.15) is 26.7 Å². The molecule has 1 aliphatic rings. The summed E-state index contributed by atoms with van der Waals surface area (Å²) in [6.07, 6.45) is 1.26. The molecule has 0 spiro atoms. The third-order valence-electron chi connectivity index (χ3n) is 2.83. The minimum atomic E-state index is 0.143. The number of hydrazine groups is 1. The van der Waals surface area contributed by atoms with Crippen molar-refractivity contribution in [2.45, 2.75) is 32.7 Å². The average molecular weight is 200 g/mol. The predicted molar refractivity (Wildman–Crippen MR) is 54.4 cm³/mol. The van der Waals surface area contributed by atoms with Crippen LogP contribution in [0.25, 0.3) is 0 Å². The van der Waals surface area contributed by atoms with E-state index in [4.69, 9.17) is 5.11 Å². The third-order valence-corrected chi connectivity index (χ3v) is 2.83. The zero-order valence-corrected chi connectivity index (χ0v) is 9.23. The highest BCUT2D eigenvalue weighted by atomic mass is 16.3. The first-order valence-corrected chi connectivity index (χ1v) is 5.22. The SMILES string of the molecule is CC(C)C1CC(=O)N(CCCO)N1C. The Bertz CT molecular complexity index is 206. The molecule has 0 radical (unpaired) electrons. The first-order valence-electron chi connectivity index (χ1n) is 5.22. The molecular formula is C10H20N2O2. The fourth-order valence-electron chi connectivity index (χ4n) is 1.94. The molecule has 1 heterocycles. The largest absolute Gasteiger partial charge is 0.396 e. The molecule has 0 aromatic rings. The van der Waals surface area contributed by atoms with Crippen molar-refractivity contribution >= 4 is 5.91 Å². The lowest BCUT2D eigenvalue weighted by Gasteiger charge is -2.29. The van der Waals surface area contributed by atoms with E-state index in [2.05, 4.69) is 13.8 Å². The van der Waals surface area contributed by atoms with Crippen LogP contribution >= 0.6 is 0 Å². The number of hydrogen-bond acceptors (Lipinski definition) is 3. The molecule has 0 bridgehead atoms. The molecule has 1 amide bonds. The number of carbonyl (C=O) groups is 1. The van der Waals surface area contributed by atoms with Gasteiger partial charge in [-0.1, -0.05) is 13.8 Å². The summed E-state index contributed by atoms with van der Waals surface area (Å²) in [5.41, 5.74) is 0. The first kappa shape index (κ1) is 11.5. The molecule has 4 heteroatoms. The van der Waals surface area contributed by atoms with Crippen molar-refractivity contribution in [3.63, 3.8) is 0 Å². The Labute approximate surface area is 85.5 Å². The molecule has 0 saturated carbocycles. The lowest BCUT2D eigenvalue weighted by molar-refractivity contribution is -0.137. The standard InChI is InChI=1S/C10H20N2O2/c1-8(2)9-7-10(14)12(11(9)3)5-4-6-13/h8-9,13H,4-7H2,1-3H3. The molecule has 1 saturated heterocycles. The summed E-state index contributed by atoms with van der Waals surface area (Å²) in [5, 5.41) is 12.5. The molecule has 82 valence electrons. The minimum Gasteiger partial charge on any atom is -0.396 e. The number of aliphatic hydroxyl groups excluding tert-OH is 1. The normalized spacial score (nSPS) is 23.9. The van der Waals surface area contributed by atoms with Crippen molar-refractivity contribution in [2.24, 2.45) is 5.92 Å². The lowest BCUT2D eigenvalue weighted by atomic mass is 10.0. The van der Waals surface area contributed by atoms with Gasteiger partial charge in [-0.3, -0.25) is 9.80 Å². The van der Waals surface area contributed by atoms with Crippen molar-refractivity contribution in [3.8, 4) is 0 Å². The number of rotatable bonds is 4. The second kappa shape index (κ2) is 4.75. The van der Waals surface area contributed by atoms with Crippen molar-refractivity contribution in [2.75, 3.05) is 20.2 Å². The smallest absolute Gasteiger partial charge is 0.238 e. The maximum absolute atomic E-state index is 11.6. The topological polar surface area (TPSA) is 43.8 Å². The number of carbonyl (C=O) groups excluding carboxylic acids is 1. The zero-order chi connectivity index (χ0) is 10.7. The fraction of sp³-hybridized carbons (Fsp3) is 0.900. The van der Waals surface area contributed by atoms with E-state index in [1.54, 1.807) is 5.01 Å². The van der Waals surface area contributed by atoms with Gasteiger partial charge < -0.3 is 5.11 Å². The highest BCUT2D eigenvalue weighted by Gasteiger charge is 2.35. The van der Waals surface area contributed by atoms with E-state index in [1.165, 1.54) is 0 Å². The maximum Gasteiger partial charge on any atom is 0.238 e. The Kier molecular flexibility index (Phi) is 3.89. The van der Waals surface area contributed by atoms with Crippen LogP contribution in [0, 0.1) is 5.92 Å². The zero-order valence-electron chi connectivity index (χ0n) is 9.23. The van der Waals surface area contributed by atoms with Crippen molar-refractivity contribution < 1.29 is 9.90 Å². The number of nitrogens with zero attached hydrogens (tertiary/aromatic N) is 2. The number of aliphatic hydroxyl groups is 1. The third kappa shape index (κ3) is 2.25. The van der Waals surface area contributed by atoms with Gasteiger partial charge in [-0.05, 0) is 12.3 Å². The van der Waals surface area contributed by atoms with Gasteiger partial charge in [0.1, 0.15) is 0 Å². The monoisotopic (exact) mass is 200 g/mol. The van der Waals surface area contributed by atoms with Gasteiger partial charge in [0.25, 0.3) is 0 Å². The maximum atomic E-state index is 11.6. The molecule has 14 heavy (non-hydrogen) atoms. The molecule has 0 aromatic carbocycles. The predicted octanol–water partition coefficient (Wildman–Crippen LogP) is 0.472. The van der Waals surface area contributed by atoms with Crippen LogP contribution in [0.2, 0.25) is 0 Å². The van der Waals surface area contributed by atoms with E-state index in [9.17, 15) is 4.79 Å². The Morgan fingerprint density at radius 1 is 1.57 bits per heavy atom. The first-order chi connectivity index (χ1) is 6.57. The highest BCUT2D eigenvalue weighted by molar-refractivity contribution is 5.78. The van der Waals surface area contributed by atoms with E-state index in [0.717, 1.165) is 0 Å². The molecule has 0 aromatic heterocycles. The number of amides is 1. The second-order valence-electron chi connectivity index (χ2n) is 4.18. The average Bonchev–Trinajstić information content (AvgIpc) is 2.40. The van der Waals surface area contributed by atoms with Gasteiger partial charge in [0, 0.05) is 32.7 Å². The number of hydrogen-bond donors (Lipinski definition) is 1. The van der Waals surface area contributed by atoms with Gasteiger partial charge >= 0.3 is 0 Å². The van der Waals surface area contributed by atoms with Gasteiger partial charge in [0.2, 0.25) is 5.91 Å². The molecule has 1 N–H and O–H groups in total. The lowest BCUT2D eigenvalue weighted by Crippen LogP contribution is -2.41. The van der Waals surface area contributed by atoms with Crippen molar-refractivity contribution in [3.05, 3.63) is 0 Å². The molecule has 1 unspecified atom stereocenters. The summed E-state index contributed by atoms with van der Waals surface area (Å²) in [6, 6.07) is 0.321. The van der Waals surface area contributed by atoms with Crippen LogP contribution in [-0.2, 0) is 4.79 Å². The van der Waals surface area contributed by atoms with Gasteiger partial charge in [0.05, 0.1) is 0 Å². The van der Waals surface area contributed by atoms with Crippen LogP contribution in [0.3, 0.4) is 0 Å². The molecule has 0 aliphatic carbocycles. The van der Waals surface area contributed by atoms with Gasteiger partial charge in [-0.25, -0.2) is 5.01 Å². The van der Waals surface area contributed by atoms with Crippen LogP contribution in [0.4, 0.5) is 0 Å². The summed E-state index contributed by atoms with van der Waals surface area (Å²) in [5.74, 6) is 0.669. The minimum absolute atomic E-state index is 0.143. The van der Waals surface area contributed by atoms with Crippen LogP contribution in [0.5, 0.6) is 0 Å². The Balaban J connectivity index is 2.56. The van der Waals surface area contributed by atoms with Gasteiger partial charge in [0.15, 0.2) is 0 Å². The van der Waals surface area contributed by atoms with Crippen LogP contribution in [-0.4, -0.2) is 47.3 Å². The molecular weight excluding hydrogens is 180 g/mol. The van der Waals surface area contributed by atoms with Crippen molar-refractivity contribution in [1.82, 2.24) is 10.0 Å². The van der Waals surface area contributed by atoms with Crippen LogP contribution in [0.15, 0.2) is 0 Å². The van der Waals surface area contributed by atoms with E-state index < -0.39 is 0 Å². The molecule has 4 nitrogen and oxygen atoms in total. The Hall–Kier alpha value is -0.610. The summed E-state index contributed by atoms with van der Waals surface area (Å²) in [7, 11) is 1.95. The van der Waals surface area contributed by atoms with E-state index in [-0.39, 0.29) is 12.5 Å². The van der Waals surface area contributed by atoms with Gasteiger partial charge in [-0.2, -0.15) is 0 Å². The van der Waals surface area contributed by atoms with E-state index >= 15 is 0 Å². The highest BCUT2D eigenvalue weighted by Crippen LogP contribution is 2.23. The van der Waals surface area contributed by atoms with E-state index in [1.807, 2.05) is 12.1 Å². The molecule has 1 aliphatic heterocycles. The molecule has 1 rings (SSSR count). The second-order valence-corrected chi connectivity index (χ2v) is 4.18. The molecule has 1 fully saturated rings. The summed E-state index contributed by atoms with van der Waals surface area (Å²) in [6.45, 7) is 5.03. The molecule has 1 atom stereocenters. The van der Waals surface area contributed by atoms with Crippen molar-refractivity contribution in [1.29, 1.82) is 0 Å². The van der Waals surface area contributed by atoms with Crippen LogP contribution < -0.4 is 0 Å². The van der Waals surface area contributed by atoms with E-state index in [0.29, 0.717) is 31.3 Å². The van der Waals surface area contributed by atoms with Gasteiger partial charge in [-0.15, -0.1) is 0 Å².